The van der Waals surface area contributed by atoms with Gasteiger partial charge in [0.2, 0.25) is 0 Å². The molecule has 1 atom stereocenters. The molecule has 0 saturated carbocycles. The lowest BCUT2D eigenvalue weighted by Gasteiger charge is -2.10. The summed E-state index contributed by atoms with van der Waals surface area (Å²) in [5.74, 6) is 0.730. The van der Waals surface area contributed by atoms with Crippen LogP contribution in [0.4, 0.5) is 0 Å². The second-order valence-electron chi connectivity index (χ2n) is 4.66. The summed E-state index contributed by atoms with van der Waals surface area (Å²) in [5, 5.41) is 1.26. The molecule has 1 heterocycles. The number of nitrogens with zero attached hydrogens (tertiary/aromatic N) is 1. The quantitative estimate of drug-likeness (QED) is 0.747. The molecule has 0 aliphatic carbocycles. The average molecular weight is 213 g/mol. The van der Waals surface area contributed by atoms with Crippen molar-refractivity contribution in [3.8, 4) is 0 Å². The number of pyridine rings is 1. The number of hydrogen-bond acceptors (Lipinski definition) is 1. The van der Waals surface area contributed by atoms with E-state index in [1.165, 1.54) is 22.9 Å². The molecule has 0 fully saturated rings. The molecule has 1 unspecified atom stereocenters. The fraction of sp³-hybridized carbons (Fsp3) is 0.400. The molecule has 2 aromatic rings. The van der Waals surface area contributed by atoms with E-state index < -0.39 is 0 Å². The highest BCUT2D eigenvalue weighted by Gasteiger charge is 2.06. The van der Waals surface area contributed by atoms with Crippen molar-refractivity contribution in [1.29, 1.82) is 0 Å². The van der Waals surface area contributed by atoms with Crippen molar-refractivity contribution in [3.05, 3.63) is 41.6 Å². The van der Waals surface area contributed by atoms with Crippen LogP contribution in [0, 0.1) is 12.8 Å². The Bertz CT molecular complexity index is 488. The topological polar surface area (TPSA) is 12.9 Å². The van der Waals surface area contributed by atoms with Crippen molar-refractivity contribution in [2.75, 3.05) is 0 Å². The lowest BCUT2D eigenvalue weighted by atomic mass is 9.97. The van der Waals surface area contributed by atoms with Gasteiger partial charge in [-0.15, -0.1) is 0 Å². The lowest BCUT2D eigenvalue weighted by Crippen LogP contribution is -1.99. The summed E-state index contributed by atoms with van der Waals surface area (Å²) in [6.07, 6.45) is 2.35. The number of hydrogen-bond donors (Lipinski definition) is 0. The lowest BCUT2D eigenvalue weighted by molar-refractivity contribution is 0.562. The summed E-state index contributed by atoms with van der Waals surface area (Å²) >= 11 is 0. The molecule has 1 heteroatoms. The first-order valence-corrected chi connectivity index (χ1v) is 6.06. The van der Waals surface area contributed by atoms with Gasteiger partial charge >= 0.3 is 0 Å². The van der Waals surface area contributed by atoms with Gasteiger partial charge in [-0.05, 0) is 30.9 Å². The molecule has 0 saturated heterocycles. The number of rotatable bonds is 3. The highest BCUT2D eigenvalue weighted by molar-refractivity contribution is 5.81. The van der Waals surface area contributed by atoms with Crippen molar-refractivity contribution in [2.24, 2.45) is 5.92 Å². The van der Waals surface area contributed by atoms with E-state index in [2.05, 4.69) is 56.1 Å². The zero-order valence-electron chi connectivity index (χ0n) is 10.3. The van der Waals surface area contributed by atoms with E-state index in [9.17, 15) is 0 Å². The molecule has 0 N–H and O–H groups in total. The molecule has 0 bridgehead atoms. The normalized spacial score (nSPS) is 12.9. The van der Waals surface area contributed by atoms with Gasteiger partial charge in [0.25, 0.3) is 0 Å². The Hall–Kier alpha value is -1.37. The number of aromatic nitrogens is 1. The van der Waals surface area contributed by atoms with Crippen LogP contribution in [0.25, 0.3) is 10.9 Å². The highest BCUT2D eigenvalue weighted by atomic mass is 14.7. The van der Waals surface area contributed by atoms with Crippen LogP contribution in [0.3, 0.4) is 0 Å². The number of benzene rings is 1. The third-order valence-electron chi connectivity index (χ3n) is 3.21. The molecule has 84 valence electrons. The minimum atomic E-state index is 0.730. The van der Waals surface area contributed by atoms with E-state index in [0.29, 0.717) is 0 Å². The molecular weight excluding hydrogens is 194 g/mol. The van der Waals surface area contributed by atoms with E-state index in [0.717, 1.165) is 18.0 Å². The Morgan fingerprint density at radius 2 is 2.00 bits per heavy atom. The minimum Gasteiger partial charge on any atom is -0.253 e. The summed E-state index contributed by atoms with van der Waals surface area (Å²) < 4.78 is 0. The van der Waals surface area contributed by atoms with Gasteiger partial charge in [-0.1, -0.05) is 44.5 Å². The molecule has 0 aliphatic heterocycles. The van der Waals surface area contributed by atoms with E-state index >= 15 is 0 Å². The predicted molar refractivity (Wildman–Crippen MR) is 69.6 cm³/mol. The smallest absolute Gasteiger partial charge is 0.0737 e. The highest BCUT2D eigenvalue weighted by Crippen LogP contribution is 2.21. The van der Waals surface area contributed by atoms with Crippen molar-refractivity contribution in [1.82, 2.24) is 4.98 Å². The molecule has 0 spiro atoms. The zero-order chi connectivity index (χ0) is 11.5. The van der Waals surface area contributed by atoms with Crippen LogP contribution in [0.15, 0.2) is 30.3 Å². The third-order valence-corrected chi connectivity index (χ3v) is 3.21. The van der Waals surface area contributed by atoms with Crippen LogP contribution in [0.2, 0.25) is 0 Å². The molecule has 1 aromatic heterocycles. The molecule has 0 aliphatic rings. The maximum absolute atomic E-state index is 4.66. The Balaban J connectivity index is 2.47. The fourth-order valence-corrected chi connectivity index (χ4v) is 1.99. The number of fused-ring (bicyclic) bond motifs is 1. The van der Waals surface area contributed by atoms with E-state index in [4.69, 9.17) is 0 Å². The molecular formula is C15H19N. The minimum absolute atomic E-state index is 0.730. The monoisotopic (exact) mass is 213 g/mol. The summed E-state index contributed by atoms with van der Waals surface area (Å²) in [5.41, 5.74) is 3.67. The number of aryl methyl sites for hydroxylation is 1. The second kappa shape index (κ2) is 4.65. The third kappa shape index (κ3) is 2.24. The van der Waals surface area contributed by atoms with Crippen molar-refractivity contribution in [3.63, 3.8) is 0 Å². The van der Waals surface area contributed by atoms with Crippen LogP contribution in [0.5, 0.6) is 0 Å². The Kier molecular flexibility index (Phi) is 3.23. The second-order valence-corrected chi connectivity index (χ2v) is 4.66. The van der Waals surface area contributed by atoms with Gasteiger partial charge < -0.3 is 0 Å². The van der Waals surface area contributed by atoms with Gasteiger partial charge in [-0.2, -0.15) is 0 Å². The van der Waals surface area contributed by atoms with Crippen molar-refractivity contribution < 1.29 is 0 Å². The van der Waals surface area contributed by atoms with Gasteiger partial charge in [-0.3, -0.25) is 4.98 Å². The van der Waals surface area contributed by atoms with Crippen LogP contribution in [-0.2, 0) is 6.42 Å². The van der Waals surface area contributed by atoms with E-state index in [1.807, 2.05) is 0 Å². The Labute approximate surface area is 97.5 Å². The van der Waals surface area contributed by atoms with Crippen LogP contribution in [0.1, 0.15) is 31.5 Å². The van der Waals surface area contributed by atoms with Crippen molar-refractivity contribution in [2.45, 2.75) is 33.6 Å². The van der Waals surface area contributed by atoms with E-state index in [1.54, 1.807) is 0 Å². The molecule has 1 aromatic carbocycles. The Morgan fingerprint density at radius 1 is 1.19 bits per heavy atom. The fourth-order valence-electron chi connectivity index (χ4n) is 1.99. The van der Waals surface area contributed by atoms with E-state index in [-0.39, 0.29) is 0 Å². The first kappa shape index (κ1) is 11.1. The summed E-state index contributed by atoms with van der Waals surface area (Å²) in [6.45, 7) is 6.60. The standard InChI is InChI=1S/C15H19N/c1-4-11(2)10-14-7-5-6-13-9-8-12(3)16-15(13)14/h5-9,11H,4,10H2,1-3H3. The average Bonchev–Trinajstić information content (AvgIpc) is 2.29. The van der Waals surface area contributed by atoms with Gasteiger partial charge in [-0.25, -0.2) is 0 Å². The molecule has 0 amide bonds. The summed E-state index contributed by atoms with van der Waals surface area (Å²) in [6, 6.07) is 10.7. The van der Waals surface area contributed by atoms with Crippen molar-refractivity contribution >= 4 is 10.9 Å². The molecule has 1 nitrogen and oxygen atoms in total. The largest absolute Gasteiger partial charge is 0.253 e. The maximum atomic E-state index is 4.66. The molecule has 2 rings (SSSR count). The van der Waals surface area contributed by atoms with Gasteiger partial charge in [0.1, 0.15) is 0 Å². The first-order chi connectivity index (χ1) is 7.70. The Morgan fingerprint density at radius 3 is 2.75 bits per heavy atom. The van der Waals surface area contributed by atoms with Crippen LogP contribution in [-0.4, -0.2) is 4.98 Å². The summed E-state index contributed by atoms with van der Waals surface area (Å²) in [7, 11) is 0. The molecule has 0 radical (unpaired) electrons. The number of para-hydroxylation sites is 1. The maximum Gasteiger partial charge on any atom is 0.0737 e. The zero-order valence-corrected chi connectivity index (χ0v) is 10.3. The SMILES string of the molecule is CCC(C)Cc1cccc2ccc(C)nc12. The first-order valence-electron chi connectivity index (χ1n) is 6.06. The van der Waals surface area contributed by atoms with Gasteiger partial charge in [0, 0.05) is 11.1 Å². The van der Waals surface area contributed by atoms with Crippen LogP contribution < -0.4 is 0 Å². The molecule has 16 heavy (non-hydrogen) atoms. The van der Waals surface area contributed by atoms with Gasteiger partial charge in [0.05, 0.1) is 5.52 Å². The van der Waals surface area contributed by atoms with Crippen LogP contribution >= 0.6 is 0 Å². The van der Waals surface area contributed by atoms with Gasteiger partial charge in [0.15, 0.2) is 0 Å². The summed E-state index contributed by atoms with van der Waals surface area (Å²) in [4.78, 5) is 4.66. The predicted octanol–water partition coefficient (Wildman–Crippen LogP) is 4.13.